The van der Waals surface area contributed by atoms with Gasteiger partial charge in [0.1, 0.15) is 43.1 Å². The zero-order valence-electron chi connectivity index (χ0n) is 50.0. The number of nitrogens with two attached hydrogens (primary N) is 1. The van der Waals surface area contributed by atoms with Crippen molar-refractivity contribution in [3.05, 3.63) is 107 Å². The monoisotopic (exact) mass is 1190 g/mol. The molecule has 7 N–H and O–H groups in total. The van der Waals surface area contributed by atoms with Crippen molar-refractivity contribution in [2.75, 3.05) is 177 Å². The molecule has 2 aromatic heterocycles. The topological polar surface area (TPSA) is 261 Å². The number of likely N-dealkylation sites (N-methyl/N-ethyl adjacent to an activating group) is 2. The third kappa shape index (κ3) is 16.2. The second-order valence-corrected chi connectivity index (χ2v) is 28.7. The maximum Gasteiger partial charge on any atom is 0.294 e. The molecule has 0 aliphatic carbocycles. The van der Waals surface area contributed by atoms with E-state index in [2.05, 4.69) is 84.7 Å². The number of aliphatic hydroxyl groups is 1. The molecule has 6 aromatic rings. The molecule has 4 aliphatic rings. The number of nitro benzene ring substituents is 1. The van der Waals surface area contributed by atoms with Gasteiger partial charge in [-0.2, -0.15) is 9.97 Å². The normalized spacial score (nSPS) is 17.0. The minimum absolute atomic E-state index is 0.00111. The summed E-state index contributed by atoms with van der Waals surface area (Å²) in [6.07, 6.45) is 7.45. The van der Waals surface area contributed by atoms with Crippen LogP contribution in [0.2, 0.25) is 0 Å². The molecule has 0 atom stereocenters. The average Bonchev–Trinajstić information content (AvgIpc) is 2.54. The minimum Gasteiger partial charge on any atom is -0.494 e. The molecule has 0 amide bonds. The number of ether oxygens (including phenoxy) is 2. The SMILES string of the molecule is CO.COc1cc(N2CCC(N3CCN(C)CC3)CC2)c(N)cc1Nc1nccc(Nc2ccccc2P(C)(C)=O)n1.COc1cc(N2CCC(N3CCN(C)CC3)CC2)c([N+](=O)[O-])cc1Nc1nccc(Nc2ccccc2P(C)(C)=O)n1. The summed E-state index contributed by atoms with van der Waals surface area (Å²) >= 11 is 0. The number of rotatable bonds is 17. The van der Waals surface area contributed by atoms with E-state index >= 15 is 0 Å². The molecule has 452 valence electrons. The van der Waals surface area contributed by atoms with Crippen LogP contribution in [-0.2, 0) is 9.13 Å². The highest BCUT2D eigenvalue weighted by Gasteiger charge is 2.32. The summed E-state index contributed by atoms with van der Waals surface area (Å²) in [4.78, 5) is 44.2. The summed E-state index contributed by atoms with van der Waals surface area (Å²) in [5.41, 5.74) is 11.4. The van der Waals surface area contributed by atoms with E-state index in [4.69, 9.17) is 20.3 Å². The third-order valence-corrected chi connectivity index (χ3v) is 19.0. The van der Waals surface area contributed by atoms with Gasteiger partial charge in [0.25, 0.3) is 5.69 Å². The number of hydrogen-bond donors (Lipinski definition) is 6. The Kier molecular flexibility index (Phi) is 21.5. The van der Waals surface area contributed by atoms with Crippen LogP contribution in [0.15, 0.2) is 97.3 Å². The van der Waals surface area contributed by atoms with Crippen molar-refractivity contribution in [1.29, 1.82) is 0 Å². The fourth-order valence-corrected chi connectivity index (χ4v) is 13.6. The Hall–Kier alpha value is -7.10. The van der Waals surface area contributed by atoms with Crippen molar-refractivity contribution >= 4 is 93.9 Å². The number of nitro groups is 1. The number of anilines is 11. The van der Waals surface area contributed by atoms with Gasteiger partial charge in [0.05, 0.1) is 53.3 Å². The Morgan fingerprint density at radius 2 is 0.952 bits per heavy atom. The standard InChI is InChI=1S/C29H39N8O4P.C29H41N8O2P.CH4O/c1-34-15-17-35(18-16-34)21-10-13-36(14-11-21)24-20-26(41-2)23(19-25(24)37(38)39)32-29-30-12-9-28(33-29)31-22-7-5-6-8-27(22)42(3,4)40;1-35-15-17-36(18-16-35)21-10-13-37(14-11-21)25-20-26(39-2)24(19-22(25)30)33-29-31-12-9-28(34-29)32-23-7-5-6-8-27(23)40(3,4)38;1-2/h5-9,12,19-21H,10-11,13-18H2,1-4H3,(H2,30,31,32,33);5-9,12,19-21H,10-11,13-18,30H2,1-4H3,(H2,31,32,33,34);2H,1H3. The Labute approximate surface area is 494 Å². The first-order chi connectivity index (χ1) is 40.3. The highest BCUT2D eigenvalue weighted by molar-refractivity contribution is 7.70. The number of nitrogens with one attached hydrogen (secondary N) is 4. The van der Waals surface area contributed by atoms with Crippen LogP contribution in [0.4, 0.5) is 69.0 Å². The predicted molar refractivity (Wildman–Crippen MR) is 342 cm³/mol. The van der Waals surface area contributed by atoms with E-state index in [9.17, 15) is 19.2 Å². The summed E-state index contributed by atoms with van der Waals surface area (Å²) < 4.78 is 36.9. The lowest BCUT2D eigenvalue weighted by molar-refractivity contribution is -0.384. The van der Waals surface area contributed by atoms with Gasteiger partial charge in [-0.3, -0.25) is 19.9 Å². The highest BCUT2D eigenvalue weighted by atomic mass is 31.2. The second-order valence-electron chi connectivity index (χ2n) is 22.3. The predicted octanol–water partition coefficient (Wildman–Crippen LogP) is 7.97. The quantitative estimate of drug-likeness (QED) is 0.0219. The van der Waals surface area contributed by atoms with Gasteiger partial charge >= 0.3 is 0 Å². The summed E-state index contributed by atoms with van der Waals surface area (Å²) in [6.45, 7) is 19.3. The van der Waals surface area contributed by atoms with Gasteiger partial charge in [-0.1, -0.05) is 24.3 Å². The van der Waals surface area contributed by atoms with E-state index in [1.54, 1.807) is 71.5 Å². The van der Waals surface area contributed by atoms with Gasteiger partial charge in [-0.15, -0.1) is 0 Å². The van der Waals surface area contributed by atoms with Crippen LogP contribution in [0.1, 0.15) is 25.7 Å². The molecule has 4 fully saturated rings. The maximum atomic E-state index is 12.8. The number of aliphatic hydroxyl groups excluding tert-OH is 1. The maximum absolute atomic E-state index is 12.8. The summed E-state index contributed by atoms with van der Waals surface area (Å²) in [5, 5.41) is 33.6. The van der Waals surface area contributed by atoms with E-state index in [-0.39, 0.29) is 16.6 Å². The van der Waals surface area contributed by atoms with E-state index in [0.29, 0.717) is 69.6 Å². The second kappa shape index (κ2) is 28.7. The van der Waals surface area contributed by atoms with E-state index < -0.39 is 14.3 Å². The fourth-order valence-electron chi connectivity index (χ4n) is 11.3. The van der Waals surface area contributed by atoms with Crippen molar-refractivity contribution < 1.29 is 28.6 Å². The van der Waals surface area contributed by atoms with Gasteiger partial charge in [-0.05, 0) is 109 Å². The van der Waals surface area contributed by atoms with E-state index in [1.165, 1.54) is 6.07 Å². The van der Waals surface area contributed by atoms with Crippen molar-refractivity contribution in [1.82, 2.24) is 39.5 Å². The van der Waals surface area contributed by atoms with Crippen molar-refractivity contribution in [3.63, 3.8) is 0 Å². The molecule has 0 radical (unpaired) electrons. The Morgan fingerprint density at radius 1 is 0.560 bits per heavy atom. The number of methoxy groups -OCH3 is 2. The average molecular weight is 1190 g/mol. The molecule has 4 aromatic carbocycles. The lowest BCUT2D eigenvalue weighted by atomic mass is 10.0. The Morgan fingerprint density at radius 3 is 1.36 bits per heavy atom. The Bertz CT molecular complexity index is 3260. The van der Waals surface area contributed by atoms with Gasteiger partial charge in [0.2, 0.25) is 11.9 Å². The zero-order valence-corrected chi connectivity index (χ0v) is 51.8. The first-order valence-corrected chi connectivity index (χ1v) is 33.7. The first-order valence-electron chi connectivity index (χ1n) is 28.5. The number of aromatic nitrogens is 4. The molecular formula is C59H84N16O7P2. The van der Waals surface area contributed by atoms with Crippen LogP contribution >= 0.6 is 14.3 Å². The number of hydrogen-bond acceptors (Lipinski definition) is 22. The summed E-state index contributed by atoms with van der Waals surface area (Å²) in [7, 11) is 3.56. The molecule has 0 bridgehead atoms. The lowest BCUT2D eigenvalue weighted by Gasteiger charge is -2.42. The number of para-hydroxylation sites is 2. The van der Waals surface area contributed by atoms with Crippen molar-refractivity contribution in [2.45, 2.75) is 37.8 Å². The fraction of sp³-hybridized carbons (Fsp3) is 0.458. The largest absolute Gasteiger partial charge is 0.494 e. The lowest BCUT2D eigenvalue weighted by Crippen LogP contribution is -2.52. The molecular weight excluding hydrogens is 1110 g/mol. The third-order valence-electron chi connectivity index (χ3n) is 15.9. The van der Waals surface area contributed by atoms with Gasteiger partial charge < -0.3 is 70.3 Å². The Balaban J connectivity index is 0.000000213. The molecule has 0 unspecified atom stereocenters. The smallest absolute Gasteiger partial charge is 0.294 e. The van der Waals surface area contributed by atoms with Crippen molar-refractivity contribution in [3.8, 4) is 11.5 Å². The molecule has 4 saturated heterocycles. The molecule has 4 aliphatic heterocycles. The van der Waals surface area contributed by atoms with Gasteiger partial charge in [-0.25, -0.2) is 9.97 Å². The molecule has 6 heterocycles. The van der Waals surface area contributed by atoms with Crippen LogP contribution in [0.3, 0.4) is 0 Å². The number of nitrogens with zero attached hydrogens (tertiary/aromatic N) is 11. The van der Waals surface area contributed by atoms with Crippen molar-refractivity contribution in [2.24, 2.45) is 0 Å². The van der Waals surface area contributed by atoms with Crippen LogP contribution < -0.4 is 56.9 Å². The van der Waals surface area contributed by atoms with Gasteiger partial charge in [0.15, 0.2) is 0 Å². The molecule has 84 heavy (non-hydrogen) atoms. The molecule has 25 heteroatoms. The van der Waals surface area contributed by atoms with Crippen LogP contribution in [0.25, 0.3) is 0 Å². The zero-order chi connectivity index (χ0) is 60.1. The van der Waals surface area contributed by atoms with Crippen LogP contribution in [-0.4, -0.2) is 202 Å². The summed E-state index contributed by atoms with van der Waals surface area (Å²) in [6, 6.07) is 26.7. The number of piperazine rings is 2. The number of nitrogen functional groups attached to an aromatic ring is 1. The number of benzene rings is 4. The molecule has 10 rings (SSSR count). The highest BCUT2D eigenvalue weighted by Crippen LogP contribution is 2.43. The van der Waals surface area contributed by atoms with Crippen LogP contribution in [0.5, 0.6) is 11.5 Å². The van der Waals surface area contributed by atoms with E-state index in [1.807, 2.05) is 60.7 Å². The van der Waals surface area contributed by atoms with E-state index in [0.717, 1.165) is 133 Å². The summed E-state index contributed by atoms with van der Waals surface area (Å²) in [5.74, 6) is 2.85. The molecule has 0 saturated carbocycles. The van der Waals surface area contributed by atoms with Gasteiger partial charge in [0, 0.05) is 139 Å². The molecule has 23 nitrogen and oxygen atoms in total. The minimum atomic E-state index is -2.52. The van der Waals surface area contributed by atoms with Crippen LogP contribution in [0, 0.1) is 10.1 Å². The molecule has 0 spiro atoms. The number of piperidine rings is 2. The first kappa shape index (κ1) is 62.9.